The Morgan fingerprint density at radius 3 is 2.88 bits per heavy atom. The number of nitrogens with one attached hydrogen (secondary N) is 1. The Labute approximate surface area is 188 Å². The molecule has 5 aromatic rings. The number of fused-ring (bicyclic) bond motifs is 1. The molecule has 7 nitrogen and oxygen atoms in total. The van der Waals surface area contributed by atoms with Gasteiger partial charge in [0.25, 0.3) is 5.91 Å². The monoisotopic (exact) mass is 441 g/mol. The number of hydrogen-bond acceptors (Lipinski definition) is 6. The summed E-state index contributed by atoms with van der Waals surface area (Å²) < 4.78 is 7.86. The van der Waals surface area contributed by atoms with Crippen LogP contribution in [0.1, 0.15) is 21.6 Å². The first kappa shape index (κ1) is 19.9. The van der Waals surface area contributed by atoms with E-state index in [-0.39, 0.29) is 5.91 Å². The Kier molecular flexibility index (Phi) is 5.35. The molecule has 0 saturated carbocycles. The van der Waals surface area contributed by atoms with E-state index in [0.717, 1.165) is 28.3 Å². The summed E-state index contributed by atoms with van der Waals surface area (Å²) in [6.07, 6.45) is 5.68. The van der Waals surface area contributed by atoms with E-state index in [1.54, 1.807) is 24.4 Å². The smallest absolute Gasteiger partial charge is 0.257 e. The minimum Gasteiger partial charge on any atom is -0.487 e. The van der Waals surface area contributed by atoms with Gasteiger partial charge in [0.2, 0.25) is 0 Å². The Balaban J connectivity index is 1.25. The number of imidazole rings is 1. The Morgan fingerprint density at radius 1 is 1.06 bits per heavy atom. The van der Waals surface area contributed by atoms with Crippen molar-refractivity contribution in [1.29, 1.82) is 0 Å². The van der Waals surface area contributed by atoms with E-state index in [1.807, 2.05) is 65.5 Å². The minimum atomic E-state index is -0.249. The topological polar surface area (TPSA) is 81.4 Å². The number of ether oxygens (including phenoxy) is 1. The summed E-state index contributed by atoms with van der Waals surface area (Å²) in [4.78, 5) is 26.0. The van der Waals surface area contributed by atoms with Gasteiger partial charge in [0.1, 0.15) is 23.7 Å². The molecule has 1 amide bonds. The predicted molar refractivity (Wildman–Crippen MR) is 124 cm³/mol. The van der Waals surface area contributed by atoms with Gasteiger partial charge in [0, 0.05) is 29.5 Å². The first-order valence-corrected chi connectivity index (χ1v) is 10.9. The first-order valence-electron chi connectivity index (χ1n) is 9.99. The van der Waals surface area contributed by atoms with E-state index in [4.69, 9.17) is 4.74 Å². The van der Waals surface area contributed by atoms with Crippen LogP contribution in [-0.2, 0) is 6.61 Å². The number of aryl methyl sites for hydroxylation is 1. The molecule has 0 aliphatic carbocycles. The fourth-order valence-electron chi connectivity index (χ4n) is 3.24. The van der Waals surface area contributed by atoms with E-state index < -0.39 is 0 Å². The van der Waals surface area contributed by atoms with E-state index >= 15 is 0 Å². The van der Waals surface area contributed by atoms with Crippen molar-refractivity contribution in [2.24, 2.45) is 0 Å². The van der Waals surface area contributed by atoms with Gasteiger partial charge in [-0.25, -0.2) is 9.97 Å². The van der Waals surface area contributed by atoms with Gasteiger partial charge in [-0.05, 0) is 48.9 Å². The molecule has 0 atom stereocenters. The number of amides is 1. The van der Waals surface area contributed by atoms with E-state index in [9.17, 15) is 4.79 Å². The van der Waals surface area contributed by atoms with Gasteiger partial charge >= 0.3 is 0 Å². The second-order valence-corrected chi connectivity index (χ2v) is 8.09. The average molecular weight is 442 g/mol. The minimum absolute atomic E-state index is 0.249. The van der Waals surface area contributed by atoms with Gasteiger partial charge in [-0.2, -0.15) is 0 Å². The number of carbonyl (C=O) groups is 1. The lowest BCUT2D eigenvalue weighted by atomic mass is 10.2. The maximum Gasteiger partial charge on any atom is 0.257 e. The highest BCUT2D eigenvalue weighted by Gasteiger charge is 2.12. The molecule has 0 unspecified atom stereocenters. The van der Waals surface area contributed by atoms with Crippen molar-refractivity contribution in [3.8, 4) is 17.1 Å². The fourth-order valence-corrected chi connectivity index (χ4v) is 3.94. The maximum atomic E-state index is 12.7. The molecule has 0 bridgehead atoms. The number of aromatic nitrogens is 4. The van der Waals surface area contributed by atoms with Crippen LogP contribution in [0.5, 0.6) is 5.75 Å². The summed E-state index contributed by atoms with van der Waals surface area (Å²) in [6, 6.07) is 16.7. The summed E-state index contributed by atoms with van der Waals surface area (Å²) in [5.74, 6) is 0.347. The van der Waals surface area contributed by atoms with Crippen LogP contribution in [0.4, 0.5) is 5.13 Å². The van der Waals surface area contributed by atoms with Crippen LogP contribution in [0, 0.1) is 6.92 Å². The highest BCUT2D eigenvalue weighted by Crippen LogP contribution is 2.24. The van der Waals surface area contributed by atoms with Crippen LogP contribution in [0.2, 0.25) is 0 Å². The molecule has 0 aliphatic rings. The van der Waals surface area contributed by atoms with Gasteiger partial charge in [0.05, 0.1) is 11.4 Å². The van der Waals surface area contributed by atoms with E-state index in [0.29, 0.717) is 23.1 Å². The second-order valence-electron chi connectivity index (χ2n) is 7.23. The summed E-state index contributed by atoms with van der Waals surface area (Å²) >= 11 is 1.36. The third-order valence-corrected chi connectivity index (χ3v) is 5.54. The van der Waals surface area contributed by atoms with E-state index in [2.05, 4.69) is 20.3 Å². The van der Waals surface area contributed by atoms with Crippen LogP contribution in [0.25, 0.3) is 17.0 Å². The van der Waals surface area contributed by atoms with Crippen LogP contribution >= 0.6 is 11.3 Å². The van der Waals surface area contributed by atoms with Crippen molar-refractivity contribution < 1.29 is 9.53 Å². The summed E-state index contributed by atoms with van der Waals surface area (Å²) in [6.45, 7) is 2.35. The molecular weight excluding hydrogens is 422 g/mol. The summed E-state index contributed by atoms with van der Waals surface area (Å²) in [5.41, 5.74) is 4.83. The number of rotatable bonds is 6. The quantitative estimate of drug-likeness (QED) is 0.401. The van der Waals surface area contributed by atoms with Crippen molar-refractivity contribution in [1.82, 2.24) is 19.4 Å². The van der Waals surface area contributed by atoms with Crippen molar-refractivity contribution in [3.63, 3.8) is 0 Å². The standard InChI is InChI=1S/C24H19N5O2S/c1-16-8-9-22-26-18(13-29(22)12-16)14-31-19-6-4-5-17(11-19)23(30)28-24-27-21(15-32-24)20-7-2-3-10-25-20/h2-13,15H,14H2,1H3,(H,27,28,30). The van der Waals surface area contributed by atoms with Crippen LogP contribution in [-0.4, -0.2) is 25.3 Å². The molecule has 0 fully saturated rings. The number of anilines is 1. The van der Waals surface area contributed by atoms with Crippen molar-refractivity contribution in [2.75, 3.05) is 5.32 Å². The maximum absolute atomic E-state index is 12.7. The molecule has 0 spiro atoms. The lowest BCUT2D eigenvalue weighted by Gasteiger charge is -2.07. The molecule has 8 heteroatoms. The van der Waals surface area contributed by atoms with Crippen molar-refractivity contribution >= 4 is 28.0 Å². The number of carbonyl (C=O) groups excluding carboxylic acids is 1. The predicted octanol–water partition coefficient (Wildman–Crippen LogP) is 4.99. The molecule has 4 aromatic heterocycles. The molecule has 1 aromatic carbocycles. The van der Waals surface area contributed by atoms with Gasteiger partial charge in [0.15, 0.2) is 5.13 Å². The number of pyridine rings is 2. The Hall–Kier alpha value is -4.04. The third-order valence-electron chi connectivity index (χ3n) is 4.78. The van der Waals surface area contributed by atoms with Crippen LogP contribution in [0.15, 0.2) is 78.6 Å². The lowest BCUT2D eigenvalue weighted by molar-refractivity contribution is 0.102. The molecule has 0 aliphatic heterocycles. The normalized spacial score (nSPS) is 10.9. The zero-order valence-electron chi connectivity index (χ0n) is 17.2. The number of hydrogen-bond donors (Lipinski definition) is 1. The van der Waals surface area contributed by atoms with Gasteiger partial charge in [-0.15, -0.1) is 11.3 Å². The first-order chi connectivity index (χ1) is 15.6. The van der Waals surface area contributed by atoms with Gasteiger partial charge in [-0.3, -0.25) is 15.1 Å². The van der Waals surface area contributed by atoms with Crippen LogP contribution in [0.3, 0.4) is 0 Å². The van der Waals surface area contributed by atoms with Gasteiger partial charge in [-0.1, -0.05) is 18.2 Å². The Bertz CT molecular complexity index is 1390. The molecule has 1 N–H and O–H groups in total. The zero-order chi connectivity index (χ0) is 21.9. The third kappa shape index (κ3) is 4.35. The zero-order valence-corrected chi connectivity index (χ0v) is 18.0. The number of benzene rings is 1. The van der Waals surface area contributed by atoms with Crippen LogP contribution < -0.4 is 10.1 Å². The largest absolute Gasteiger partial charge is 0.487 e. The number of thiazole rings is 1. The van der Waals surface area contributed by atoms with Crippen molar-refractivity contribution in [2.45, 2.75) is 13.5 Å². The number of nitrogens with zero attached hydrogens (tertiary/aromatic N) is 4. The average Bonchev–Trinajstić information content (AvgIpc) is 3.45. The Morgan fingerprint density at radius 2 is 2.00 bits per heavy atom. The molecule has 158 valence electrons. The SMILES string of the molecule is Cc1ccc2nc(COc3cccc(C(=O)Nc4nc(-c5ccccn5)cs4)c3)cn2c1. The van der Waals surface area contributed by atoms with Crippen molar-refractivity contribution in [3.05, 3.63) is 95.4 Å². The molecule has 0 radical (unpaired) electrons. The van der Waals surface area contributed by atoms with E-state index in [1.165, 1.54) is 11.3 Å². The van der Waals surface area contributed by atoms with Gasteiger partial charge < -0.3 is 9.14 Å². The second kappa shape index (κ2) is 8.60. The highest BCUT2D eigenvalue weighted by molar-refractivity contribution is 7.14. The molecule has 0 saturated heterocycles. The highest BCUT2D eigenvalue weighted by atomic mass is 32.1. The lowest BCUT2D eigenvalue weighted by Crippen LogP contribution is -2.11. The molecule has 5 rings (SSSR count). The molecule has 4 heterocycles. The molecular formula is C24H19N5O2S. The summed E-state index contributed by atoms with van der Waals surface area (Å²) in [5, 5.41) is 5.23. The molecule has 32 heavy (non-hydrogen) atoms. The fraction of sp³-hybridized carbons (Fsp3) is 0.0833. The summed E-state index contributed by atoms with van der Waals surface area (Å²) in [7, 11) is 0.